The van der Waals surface area contributed by atoms with Crippen LogP contribution in [0.25, 0.3) is 54.5 Å². The standard InChI is InChI=1S/C29H22N4OS.C28H21N3OS/c34-29-25(18-22-14-15-27(35-22)23-13-7-8-16-30-23)32-28-24(17-20-9-3-1-4-10-20)31-26(19-33(28)29)21-11-5-2-6-12-21;32-28-24(16-21-18-33-26-14-8-7-13-22(21)26)30-27-23(15-19-9-3-1-4-10-19)29-25(17-31(27)28)20-11-5-2-6-12-20/h1-16,19,34H,17-18H2;1-14,17-18,32H,15-16H2. The van der Waals surface area contributed by atoms with E-state index in [1.807, 2.05) is 128 Å². The molecule has 12 rings (SSSR count). The second kappa shape index (κ2) is 18.9. The molecule has 0 bridgehead atoms. The molecule has 0 aliphatic carbocycles. The average Bonchev–Trinajstić information content (AvgIpc) is 4.19. The second-order valence-corrected chi connectivity index (χ2v) is 18.5. The number of fused-ring (bicyclic) bond motifs is 3. The van der Waals surface area contributed by atoms with Gasteiger partial charge in [-0.05, 0) is 57.8 Å². The summed E-state index contributed by atoms with van der Waals surface area (Å²) in [6.07, 6.45) is 7.94. The number of nitrogens with zero attached hydrogens (tertiary/aromatic N) is 7. The van der Waals surface area contributed by atoms with Gasteiger partial charge in [0.2, 0.25) is 11.8 Å². The van der Waals surface area contributed by atoms with Crippen molar-refractivity contribution >= 4 is 44.1 Å². The smallest absolute Gasteiger partial charge is 0.219 e. The molecule has 2 N–H and O–H groups in total. The van der Waals surface area contributed by atoms with Crippen molar-refractivity contribution in [2.75, 3.05) is 0 Å². The molecule has 9 nitrogen and oxygen atoms in total. The molecule has 5 aromatic carbocycles. The first-order valence-corrected chi connectivity index (χ1v) is 24.0. The molecule has 0 spiro atoms. The lowest BCUT2D eigenvalue weighted by Crippen LogP contribution is -2.00. The fourth-order valence-corrected chi connectivity index (χ4v) is 10.4. The number of imidazole rings is 2. The summed E-state index contributed by atoms with van der Waals surface area (Å²) < 4.78 is 4.81. The Balaban J connectivity index is 0.000000149. The topological polar surface area (TPSA) is 114 Å². The molecule has 0 fully saturated rings. The molecule has 0 aliphatic heterocycles. The Labute approximate surface area is 400 Å². The van der Waals surface area contributed by atoms with Gasteiger partial charge in [0.1, 0.15) is 11.4 Å². The normalized spacial score (nSPS) is 11.3. The van der Waals surface area contributed by atoms with E-state index >= 15 is 0 Å². The lowest BCUT2D eigenvalue weighted by atomic mass is 10.1. The van der Waals surface area contributed by atoms with Gasteiger partial charge in [-0.1, -0.05) is 146 Å². The maximum absolute atomic E-state index is 11.2. The highest BCUT2D eigenvalue weighted by Crippen LogP contribution is 2.34. The van der Waals surface area contributed by atoms with E-state index in [-0.39, 0.29) is 11.8 Å². The molecule has 330 valence electrons. The third kappa shape index (κ3) is 8.88. The Kier molecular flexibility index (Phi) is 11.8. The highest BCUT2D eigenvalue weighted by atomic mass is 32.1. The highest BCUT2D eigenvalue weighted by Gasteiger charge is 2.21. The van der Waals surface area contributed by atoms with Crippen LogP contribution in [-0.4, -0.2) is 43.9 Å². The van der Waals surface area contributed by atoms with Crippen LogP contribution in [0.15, 0.2) is 200 Å². The van der Waals surface area contributed by atoms with Crippen LogP contribution in [0.2, 0.25) is 0 Å². The molecule has 7 aromatic heterocycles. The molecule has 0 amide bonds. The zero-order valence-electron chi connectivity index (χ0n) is 36.7. The van der Waals surface area contributed by atoms with Crippen LogP contribution in [0, 0.1) is 0 Å². The van der Waals surface area contributed by atoms with Crippen molar-refractivity contribution in [3.8, 4) is 44.8 Å². The molecule has 0 saturated carbocycles. The fraction of sp³-hybridized carbons (Fsp3) is 0.0702. The summed E-state index contributed by atoms with van der Waals surface area (Å²) in [5.41, 5.74) is 12.4. The van der Waals surface area contributed by atoms with Crippen LogP contribution in [0.1, 0.15) is 44.3 Å². The number of hydrogen-bond acceptors (Lipinski definition) is 9. The van der Waals surface area contributed by atoms with E-state index in [4.69, 9.17) is 19.9 Å². The van der Waals surface area contributed by atoms with Crippen LogP contribution in [0.4, 0.5) is 0 Å². The SMILES string of the molecule is Oc1c(Cc2ccc(-c3ccccn3)s2)nc2c(Cc3ccccc3)nc(-c3ccccc3)cn12.Oc1c(Cc2csc3ccccc23)nc2c(Cc3ccccc3)nc(-c3ccccc3)cn12. The molecule has 0 atom stereocenters. The lowest BCUT2D eigenvalue weighted by Gasteiger charge is -2.08. The molecule has 0 unspecified atom stereocenters. The molecular formula is C57H43N7O2S2. The summed E-state index contributed by atoms with van der Waals surface area (Å²) in [7, 11) is 0. The predicted molar refractivity (Wildman–Crippen MR) is 274 cm³/mol. The van der Waals surface area contributed by atoms with E-state index in [2.05, 4.69) is 71.0 Å². The van der Waals surface area contributed by atoms with Crippen LogP contribution >= 0.6 is 22.7 Å². The summed E-state index contributed by atoms with van der Waals surface area (Å²) in [6.45, 7) is 0. The van der Waals surface area contributed by atoms with Gasteiger partial charge >= 0.3 is 0 Å². The summed E-state index contributed by atoms with van der Waals surface area (Å²) >= 11 is 3.39. The number of aromatic hydroxyl groups is 2. The Hall–Kier alpha value is -8.25. The Morgan fingerprint density at radius 2 is 0.956 bits per heavy atom. The number of thiophene rings is 2. The van der Waals surface area contributed by atoms with Crippen LogP contribution in [0.3, 0.4) is 0 Å². The van der Waals surface area contributed by atoms with Crippen molar-refractivity contribution < 1.29 is 10.2 Å². The number of hydrogen-bond donors (Lipinski definition) is 2. The zero-order chi connectivity index (χ0) is 45.8. The summed E-state index contributed by atoms with van der Waals surface area (Å²) in [5.74, 6) is 0.329. The minimum Gasteiger partial charge on any atom is -0.493 e. The Bertz CT molecular complexity index is 3650. The molecule has 7 heterocycles. The van der Waals surface area contributed by atoms with Crippen LogP contribution < -0.4 is 0 Å². The van der Waals surface area contributed by atoms with Gasteiger partial charge in [-0.15, -0.1) is 22.7 Å². The highest BCUT2D eigenvalue weighted by molar-refractivity contribution is 7.17. The van der Waals surface area contributed by atoms with Crippen molar-refractivity contribution in [2.45, 2.75) is 25.7 Å². The van der Waals surface area contributed by atoms with E-state index in [0.717, 1.165) is 60.5 Å². The van der Waals surface area contributed by atoms with E-state index in [1.54, 1.807) is 37.7 Å². The van der Waals surface area contributed by atoms with Gasteiger partial charge in [0, 0.05) is 65.0 Å². The van der Waals surface area contributed by atoms with Gasteiger partial charge in [-0.3, -0.25) is 13.8 Å². The second-order valence-electron chi connectivity index (χ2n) is 16.4. The molecule has 11 heteroatoms. The lowest BCUT2D eigenvalue weighted by molar-refractivity contribution is 0.442. The van der Waals surface area contributed by atoms with E-state index in [9.17, 15) is 10.2 Å². The molecule has 12 aromatic rings. The number of benzene rings is 5. The first-order chi connectivity index (χ1) is 33.5. The Morgan fingerprint density at radius 3 is 1.51 bits per heavy atom. The van der Waals surface area contributed by atoms with Gasteiger partial charge in [-0.25, -0.2) is 19.9 Å². The quantitative estimate of drug-likeness (QED) is 0.133. The summed E-state index contributed by atoms with van der Waals surface area (Å²) in [6, 6.07) is 59.0. The summed E-state index contributed by atoms with van der Waals surface area (Å²) in [4.78, 5) is 26.3. The minimum absolute atomic E-state index is 0.154. The van der Waals surface area contributed by atoms with Crippen molar-refractivity contribution in [1.82, 2.24) is 33.7 Å². The fourth-order valence-electron chi connectivity index (χ4n) is 8.47. The largest absolute Gasteiger partial charge is 0.493 e. The zero-order valence-corrected chi connectivity index (χ0v) is 38.4. The first-order valence-electron chi connectivity index (χ1n) is 22.3. The Morgan fingerprint density at radius 1 is 0.441 bits per heavy atom. The molecule has 68 heavy (non-hydrogen) atoms. The van der Waals surface area contributed by atoms with Crippen molar-refractivity contribution in [3.63, 3.8) is 0 Å². The van der Waals surface area contributed by atoms with Crippen molar-refractivity contribution in [3.05, 3.63) is 244 Å². The van der Waals surface area contributed by atoms with Crippen molar-refractivity contribution in [2.24, 2.45) is 0 Å². The van der Waals surface area contributed by atoms with E-state index in [1.165, 1.54) is 15.6 Å². The molecule has 0 radical (unpaired) electrons. The van der Waals surface area contributed by atoms with Gasteiger partial charge in [0.15, 0.2) is 11.3 Å². The molecule has 0 saturated heterocycles. The van der Waals surface area contributed by atoms with Gasteiger partial charge < -0.3 is 10.2 Å². The number of rotatable bonds is 11. The molecular weight excluding hydrogens is 879 g/mol. The molecule has 0 aliphatic rings. The average molecular weight is 922 g/mol. The first kappa shape index (κ1) is 42.4. The predicted octanol–water partition coefficient (Wildman–Crippen LogP) is 12.9. The van der Waals surface area contributed by atoms with Crippen molar-refractivity contribution in [1.29, 1.82) is 0 Å². The minimum atomic E-state index is 0.154. The number of pyridine rings is 1. The number of aromatic nitrogens is 7. The van der Waals surface area contributed by atoms with Crippen LogP contribution in [0.5, 0.6) is 11.8 Å². The third-order valence-electron chi connectivity index (χ3n) is 11.8. The monoisotopic (exact) mass is 921 g/mol. The van der Waals surface area contributed by atoms with E-state index in [0.29, 0.717) is 48.4 Å². The van der Waals surface area contributed by atoms with Gasteiger partial charge in [0.25, 0.3) is 0 Å². The van der Waals surface area contributed by atoms with Gasteiger partial charge in [-0.2, -0.15) is 0 Å². The maximum atomic E-state index is 11.2. The van der Waals surface area contributed by atoms with Crippen LogP contribution in [-0.2, 0) is 25.7 Å². The maximum Gasteiger partial charge on any atom is 0.219 e. The van der Waals surface area contributed by atoms with Gasteiger partial charge in [0.05, 0.1) is 33.3 Å². The third-order valence-corrected chi connectivity index (χ3v) is 14.0. The van der Waals surface area contributed by atoms with E-state index < -0.39 is 0 Å². The summed E-state index contributed by atoms with van der Waals surface area (Å²) in [5, 5.41) is 25.8.